The average molecular weight is 461 g/mol. The molecule has 1 N–H and O–H groups in total. The monoisotopic (exact) mass is 460 g/mol. The number of para-hydroxylation sites is 2. The fraction of sp³-hybridized carbons (Fsp3) is 0.391. The van der Waals surface area contributed by atoms with Gasteiger partial charge in [0.2, 0.25) is 0 Å². The molecule has 0 radical (unpaired) electrons. The Morgan fingerprint density at radius 2 is 1.81 bits per heavy atom. The maximum absolute atomic E-state index is 13.1. The van der Waals surface area contributed by atoms with E-state index < -0.39 is 10.0 Å². The van der Waals surface area contributed by atoms with Gasteiger partial charge in [-0.05, 0) is 56.5 Å². The third-order valence-electron chi connectivity index (χ3n) is 5.50. The quantitative estimate of drug-likeness (QED) is 0.637. The highest BCUT2D eigenvalue weighted by atomic mass is 32.2. The normalized spacial score (nSPS) is 14.7. The van der Waals surface area contributed by atoms with Crippen molar-refractivity contribution in [3.8, 4) is 5.75 Å². The second kappa shape index (κ2) is 10.0. The van der Waals surface area contributed by atoms with Crippen molar-refractivity contribution in [3.63, 3.8) is 0 Å². The summed E-state index contributed by atoms with van der Waals surface area (Å²) in [5.41, 5.74) is 1.31. The summed E-state index contributed by atoms with van der Waals surface area (Å²) in [4.78, 5) is 26.7. The number of esters is 1. The standard InChI is InChI=1S/C23H28N2O6S/c1-4-31-23(27)17-11-13-25(14-12-17)22(26)19-15-18(10-9-16(19)2)32(28,29)24-20-7-5-6-8-21(20)30-3/h5-10,15,17,24H,4,11-14H2,1-3H3. The highest BCUT2D eigenvalue weighted by molar-refractivity contribution is 7.92. The molecule has 1 amide bonds. The van der Waals surface area contributed by atoms with Crippen molar-refractivity contribution in [2.24, 2.45) is 5.92 Å². The lowest BCUT2D eigenvalue weighted by atomic mass is 9.96. The molecule has 9 heteroatoms. The predicted octanol–water partition coefficient (Wildman–Crippen LogP) is 3.22. The van der Waals surface area contributed by atoms with Gasteiger partial charge in [-0.15, -0.1) is 0 Å². The van der Waals surface area contributed by atoms with Crippen LogP contribution in [-0.2, 0) is 19.6 Å². The number of anilines is 1. The van der Waals surface area contributed by atoms with Crippen LogP contribution in [-0.4, -0.2) is 52.0 Å². The Labute approximate surface area is 188 Å². The number of likely N-dealkylation sites (tertiary alicyclic amines) is 1. The molecule has 1 saturated heterocycles. The van der Waals surface area contributed by atoms with Gasteiger partial charge in [-0.1, -0.05) is 18.2 Å². The number of carbonyl (C=O) groups excluding carboxylic acids is 2. The molecule has 0 bridgehead atoms. The Morgan fingerprint density at radius 3 is 2.47 bits per heavy atom. The van der Waals surface area contributed by atoms with Crippen LogP contribution in [0.2, 0.25) is 0 Å². The second-order valence-corrected chi connectivity index (χ2v) is 9.28. The molecule has 3 rings (SSSR count). The summed E-state index contributed by atoms with van der Waals surface area (Å²) in [6.45, 7) is 4.70. The van der Waals surface area contributed by atoms with Gasteiger partial charge in [-0.2, -0.15) is 0 Å². The molecule has 0 atom stereocenters. The van der Waals surface area contributed by atoms with Crippen LogP contribution < -0.4 is 9.46 Å². The van der Waals surface area contributed by atoms with Gasteiger partial charge >= 0.3 is 5.97 Å². The molecular weight excluding hydrogens is 432 g/mol. The number of piperidine rings is 1. The lowest BCUT2D eigenvalue weighted by Gasteiger charge is -2.31. The first-order chi connectivity index (χ1) is 15.3. The molecule has 0 aliphatic carbocycles. The van der Waals surface area contributed by atoms with Gasteiger partial charge in [0.1, 0.15) is 5.75 Å². The van der Waals surface area contributed by atoms with Crippen LogP contribution in [0.25, 0.3) is 0 Å². The van der Waals surface area contributed by atoms with Gasteiger partial charge in [-0.25, -0.2) is 8.42 Å². The zero-order valence-corrected chi connectivity index (χ0v) is 19.3. The molecule has 1 fully saturated rings. The Morgan fingerprint density at radius 1 is 1.12 bits per heavy atom. The molecule has 2 aromatic rings. The molecule has 1 aliphatic rings. The maximum Gasteiger partial charge on any atom is 0.309 e. The summed E-state index contributed by atoms with van der Waals surface area (Å²) >= 11 is 0. The zero-order valence-electron chi connectivity index (χ0n) is 18.5. The van der Waals surface area contributed by atoms with Gasteiger partial charge in [0, 0.05) is 18.7 Å². The van der Waals surface area contributed by atoms with Crippen LogP contribution in [0.5, 0.6) is 5.75 Å². The number of ether oxygens (including phenoxy) is 2. The van der Waals surface area contributed by atoms with E-state index in [1.165, 1.54) is 19.2 Å². The highest BCUT2D eigenvalue weighted by Crippen LogP contribution is 2.27. The van der Waals surface area contributed by atoms with E-state index in [0.29, 0.717) is 55.1 Å². The van der Waals surface area contributed by atoms with E-state index in [1.54, 1.807) is 49.1 Å². The molecule has 8 nitrogen and oxygen atoms in total. The molecule has 0 aromatic heterocycles. The van der Waals surface area contributed by atoms with Crippen molar-refractivity contribution in [2.75, 3.05) is 31.5 Å². The molecular formula is C23H28N2O6S. The molecule has 0 spiro atoms. The molecule has 0 unspecified atom stereocenters. The lowest BCUT2D eigenvalue weighted by Crippen LogP contribution is -2.41. The van der Waals surface area contributed by atoms with E-state index in [1.807, 2.05) is 0 Å². The number of aryl methyl sites for hydroxylation is 1. The van der Waals surface area contributed by atoms with Gasteiger partial charge in [0.25, 0.3) is 15.9 Å². The maximum atomic E-state index is 13.1. The molecule has 172 valence electrons. The molecule has 1 aliphatic heterocycles. The largest absolute Gasteiger partial charge is 0.495 e. The van der Waals surface area contributed by atoms with Crippen LogP contribution >= 0.6 is 0 Å². The van der Waals surface area contributed by atoms with E-state index in [4.69, 9.17) is 9.47 Å². The number of hydrogen-bond acceptors (Lipinski definition) is 6. The second-order valence-electron chi connectivity index (χ2n) is 7.60. The predicted molar refractivity (Wildman–Crippen MR) is 120 cm³/mol. The number of nitrogens with one attached hydrogen (secondary N) is 1. The topological polar surface area (TPSA) is 102 Å². The first-order valence-corrected chi connectivity index (χ1v) is 12.0. The number of carbonyl (C=O) groups is 2. The van der Waals surface area contributed by atoms with Crippen LogP contribution in [0, 0.1) is 12.8 Å². The summed E-state index contributed by atoms with van der Waals surface area (Å²) < 4.78 is 38.7. The fourth-order valence-corrected chi connectivity index (χ4v) is 4.78. The Bertz CT molecular complexity index is 1090. The smallest absolute Gasteiger partial charge is 0.309 e. The number of amides is 1. The summed E-state index contributed by atoms with van der Waals surface area (Å²) in [5.74, 6) is -0.300. The van der Waals surface area contributed by atoms with Gasteiger partial charge in [0.15, 0.2) is 0 Å². The fourth-order valence-electron chi connectivity index (χ4n) is 3.68. The Kier molecular flexibility index (Phi) is 7.40. The molecule has 1 heterocycles. The van der Waals surface area contributed by atoms with Crippen molar-refractivity contribution < 1.29 is 27.5 Å². The number of hydrogen-bond donors (Lipinski definition) is 1. The van der Waals surface area contributed by atoms with Crippen molar-refractivity contribution in [1.29, 1.82) is 0 Å². The van der Waals surface area contributed by atoms with E-state index in [-0.39, 0.29) is 22.7 Å². The minimum absolute atomic E-state index is 0.0150. The van der Waals surface area contributed by atoms with E-state index in [2.05, 4.69) is 4.72 Å². The van der Waals surface area contributed by atoms with Gasteiger partial charge in [-0.3, -0.25) is 14.3 Å². The SMILES string of the molecule is CCOC(=O)C1CCN(C(=O)c2cc(S(=O)(=O)Nc3ccccc3OC)ccc2C)CC1. The number of nitrogens with zero attached hydrogens (tertiary/aromatic N) is 1. The summed E-state index contributed by atoms with van der Waals surface area (Å²) in [5, 5.41) is 0. The van der Waals surface area contributed by atoms with Crippen molar-refractivity contribution in [1.82, 2.24) is 4.90 Å². The van der Waals surface area contributed by atoms with Gasteiger partial charge in [0.05, 0.1) is 30.2 Å². The van der Waals surface area contributed by atoms with Crippen molar-refractivity contribution in [3.05, 3.63) is 53.6 Å². The van der Waals surface area contributed by atoms with Crippen LogP contribution in [0.3, 0.4) is 0 Å². The molecule has 32 heavy (non-hydrogen) atoms. The lowest BCUT2D eigenvalue weighted by molar-refractivity contribution is -0.149. The average Bonchev–Trinajstić information content (AvgIpc) is 2.79. The number of methoxy groups -OCH3 is 1. The molecule has 2 aromatic carbocycles. The minimum Gasteiger partial charge on any atom is -0.495 e. The number of sulfonamides is 1. The summed E-state index contributed by atoms with van der Waals surface area (Å²) in [6.07, 6.45) is 1.05. The van der Waals surface area contributed by atoms with Crippen LogP contribution in [0.1, 0.15) is 35.7 Å². The summed E-state index contributed by atoms with van der Waals surface area (Å²) in [7, 11) is -2.48. The first kappa shape index (κ1) is 23.6. The van der Waals surface area contributed by atoms with Crippen LogP contribution in [0.4, 0.5) is 5.69 Å². The van der Waals surface area contributed by atoms with E-state index in [9.17, 15) is 18.0 Å². The number of benzene rings is 2. The Balaban J connectivity index is 1.78. The highest BCUT2D eigenvalue weighted by Gasteiger charge is 2.30. The van der Waals surface area contributed by atoms with E-state index in [0.717, 1.165) is 0 Å². The van der Waals surface area contributed by atoms with Crippen molar-refractivity contribution >= 4 is 27.6 Å². The zero-order chi connectivity index (χ0) is 23.3. The first-order valence-electron chi connectivity index (χ1n) is 10.5. The van der Waals surface area contributed by atoms with Gasteiger partial charge < -0.3 is 14.4 Å². The summed E-state index contributed by atoms with van der Waals surface area (Å²) in [6, 6.07) is 11.2. The minimum atomic E-state index is -3.94. The number of rotatable bonds is 7. The Hall–Kier alpha value is -3.07. The van der Waals surface area contributed by atoms with E-state index >= 15 is 0 Å². The third-order valence-corrected chi connectivity index (χ3v) is 6.87. The molecule has 0 saturated carbocycles. The third kappa shape index (κ3) is 5.21. The van der Waals surface area contributed by atoms with Crippen molar-refractivity contribution in [2.45, 2.75) is 31.6 Å². The van der Waals surface area contributed by atoms with Crippen LogP contribution in [0.15, 0.2) is 47.4 Å².